The lowest BCUT2D eigenvalue weighted by molar-refractivity contribution is -0.127. The number of likely N-dealkylation sites (N-methyl/N-ethyl adjacent to an activating group) is 1. The Balaban J connectivity index is 1.48. The highest BCUT2D eigenvalue weighted by atomic mass is 16.5. The predicted octanol–water partition coefficient (Wildman–Crippen LogP) is 3.74. The molecular weight excluding hydrogens is 532 g/mol. The third-order valence-corrected chi connectivity index (χ3v) is 7.84. The molecule has 0 saturated carbocycles. The zero-order chi connectivity index (χ0) is 30.0. The number of fused-ring (bicyclic) bond motifs is 1. The lowest BCUT2D eigenvalue weighted by atomic mass is 9.99. The van der Waals surface area contributed by atoms with Crippen LogP contribution in [0.5, 0.6) is 11.5 Å². The van der Waals surface area contributed by atoms with Crippen molar-refractivity contribution in [2.24, 2.45) is 0 Å². The number of benzene rings is 2. The number of anilines is 1. The quantitative estimate of drug-likeness (QED) is 0.252. The molecule has 4 aromatic rings. The number of hydrogen-bond donors (Lipinski definition) is 1. The molecule has 3 heterocycles. The Labute approximate surface area is 244 Å². The number of nitrogens with zero attached hydrogens (tertiary/aromatic N) is 7. The van der Waals surface area contributed by atoms with Crippen molar-refractivity contribution in [3.8, 4) is 23.3 Å². The maximum atomic E-state index is 13.9. The summed E-state index contributed by atoms with van der Waals surface area (Å²) in [6.07, 6.45) is 4.47. The molecule has 1 amide bonds. The van der Waals surface area contributed by atoms with Crippen LogP contribution in [0.1, 0.15) is 26.7 Å². The second-order valence-corrected chi connectivity index (χ2v) is 11.1. The molecule has 1 aliphatic heterocycles. The Morgan fingerprint density at radius 3 is 2.50 bits per heavy atom. The Hall–Kier alpha value is -4.95. The van der Waals surface area contributed by atoms with Crippen LogP contribution in [0, 0.1) is 11.3 Å². The summed E-state index contributed by atoms with van der Waals surface area (Å²) in [4.78, 5) is 39.6. The van der Waals surface area contributed by atoms with Gasteiger partial charge in [-0.2, -0.15) is 5.26 Å². The molecule has 0 radical (unpaired) electrons. The van der Waals surface area contributed by atoms with E-state index in [1.807, 2.05) is 63.2 Å². The molecule has 1 fully saturated rings. The van der Waals surface area contributed by atoms with Crippen molar-refractivity contribution in [1.29, 1.82) is 5.26 Å². The maximum Gasteiger partial charge on any atom is 0.335 e. The molecule has 0 aliphatic carbocycles. The van der Waals surface area contributed by atoms with Crippen LogP contribution in [-0.4, -0.2) is 67.0 Å². The van der Waals surface area contributed by atoms with Crippen molar-refractivity contribution >= 4 is 22.9 Å². The number of carbonyl (C=O) groups excluding carboxylic acids is 1. The van der Waals surface area contributed by atoms with Crippen LogP contribution in [0.25, 0.3) is 16.9 Å². The molecule has 5 rings (SSSR count). The summed E-state index contributed by atoms with van der Waals surface area (Å²) in [6.45, 7) is 4.59. The normalized spacial score (nSPS) is 15.8. The Morgan fingerprint density at radius 1 is 1.14 bits per heavy atom. The smallest absolute Gasteiger partial charge is 0.335 e. The number of amides is 1. The van der Waals surface area contributed by atoms with Gasteiger partial charge in [0, 0.05) is 18.6 Å². The Kier molecular flexibility index (Phi) is 7.83. The third kappa shape index (κ3) is 5.49. The molecule has 1 aliphatic rings. The van der Waals surface area contributed by atoms with Crippen molar-refractivity contribution in [1.82, 2.24) is 28.9 Å². The van der Waals surface area contributed by atoms with Crippen LogP contribution in [0.2, 0.25) is 0 Å². The van der Waals surface area contributed by atoms with Gasteiger partial charge < -0.3 is 20.3 Å². The van der Waals surface area contributed by atoms with Crippen LogP contribution in [0.3, 0.4) is 0 Å². The largest absolute Gasteiger partial charge is 0.457 e. The number of nitrogens with two attached hydrogens (primary N) is 1. The van der Waals surface area contributed by atoms with E-state index < -0.39 is 5.54 Å². The Bertz CT molecular complexity index is 1730. The van der Waals surface area contributed by atoms with E-state index in [9.17, 15) is 14.9 Å². The van der Waals surface area contributed by atoms with Crippen LogP contribution < -0.4 is 16.2 Å². The lowest BCUT2D eigenvalue weighted by Gasteiger charge is -2.30. The first-order valence-electron chi connectivity index (χ1n) is 13.8. The van der Waals surface area contributed by atoms with E-state index >= 15 is 0 Å². The van der Waals surface area contributed by atoms with E-state index in [4.69, 9.17) is 10.5 Å². The highest BCUT2D eigenvalue weighted by Crippen LogP contribution is 2.27. The molecule has 11 heteroatoms. The van der Waals surface area contributed by atoms with Gasteiger partial charge in [0.2, 0.25) is 0 Å². The molecule has 2 aromatic heterocycles. The van der Waals surface area contributed by atoms with E-state index in [0.29, 0.717) is 41.3 Å². The first-order chi connectivity index (χ1) is 20.1. The molecule has 216 valence electrons. The number of ether oxygens (including phenoxy) is 1. The number of aromatic nitrogens is 4. The zero-order valence-electron chi connectivity index (χ0n) is 24.2. The van der Waals surface area contributed by atoms with Crippen LogP contribution >= 0.6 is 0 Å². The third-order valence-electron chi connectivity index (χ3n) is 7.84. The number of nitrogen functional groups attached to an aromatic ring is 1. The van der Waals surface area contributed by atoms with Gasteiger partial charge in [0.15, 0.2) is 11.5 Å². The standard InChI is InChI=1S/C31H34N8O3/c1-31(2,36(3)4)17-21(18-32)29(40)37-16-8-9-23(37)19-38-28-26(27(33)34-20-35-28)39(30(38)41)22-12-14-25(15-13-22)42-24-10-6-5-7-11-24/h5-7,10-15,17,20,23H,8-9,16,19H2,1-4H3,(H2,33,34,35)/b21-17-/t23-/m0/s1. The number of hydrogen-bond acceptors (Lipinski definition) is 8. The van der Waals surface area contributed by atoms with Gasteiger partial charge in [0.25, 0.3) is 5.91 Å². The van der Waals surface area contributed by atoms with Gasteiger partial charge in [-0.1, -0.05) is 18.2 Å². The van der Waals surface area contributed by atoms with Crippen molar-refractivity contribution in [3.63, 3.8) is 0 Å². The summed E-state index contributed by atoms with van der Waals surface area (Å²) >= 11 is 0. The number of imidazole rings is 1. The average Bonchev–Trinajstić information content (AvgIpc) is 3.55. The molecule has 2 aromatic carbocycles. The van der Waals surface area contributed by atoms with E-state index in [2.05, 4.69) is 16.0 Å². The number of para-hydroxylation sites is 1. The van der Waals surface area contributed by atoms with Crippen LogP contribution in [0.4, 0.5) is 5.82 Å². The zero-order valence-corrected chi connectivity index (χ0v) is 24.2. The minimum atomic E-state index is -0.490. The fourth-order valence-corrected chi connectivity index (χ4v) is 5.08. The molecule has 1 saturated heterocycles. The summed E-state index contributed by atoms with van der Waals surface area (Å²) in [7, 11) is 3.79. The summed E-state index contributed by atoms with van der Waals surface area (Å²) in [5, 5.41) is 9.84. The van der Waals surface area contributed by atoms with Gasteiger partial charge in [-0.3, -0.25) is 13.9 Å². The summed E-state index contributed by atoms with van der Waals surface area (Å²) < 4.78 is 8.92. The number of likely N-dealkylation sites (tertiary alicyclic amines) is 1. The van der Waals surface area contributed by atoms with Gasteiger partial charge in [-0.25, -0.2) is 14.8 Å². The first kappa shape index (κ1) is 28.6. The van der Waals surface area contributed by atoms with E-state index in [-0.39, 0.29) is 35.6 Å². The van der Waals surface area contributed by atoms with Gasteiger partial charge in [0.1, 0.15) is 35.0 Å². The van der Waals surface area contributed by atoms with Crippen molar-refractivity contribution < 1.29 is 9.53 Å². The molecule has 1 atom stereocenters. The van der Waals surface area contributed by atoms with Crippen LogP contribution in [-0.2, 0) is 11.3 Å². The fourth-order valence-electron chi connectivity index (χ4n) is 5.08. The first-order valence-corrected chi connectivity index (χ1v) is 13.8. The van der Waals surface area contributed by atoms with E-state index in [1.54, 1.807) is 35.2 Å². The molecule has 0 spiro atoms. The summed E-state index contributed by atoms with van der Waals surface area (Å²) in [5.41, 5.74) is 6.86. The van der Waals surface area contributed by atoms with Crippen molar-refractivity contribution in [3.05, 3.63) is 83.1 Å². The highest BCUT2D eigenvalue weighted by molar-refractivity contribution is 5.97. The number of rotatable bonds is 8. The maximum absolute atomic E-state index is 13.9. The predicted molar refractivity (Wildman–Crippen MR) is 160 cm³/mol. The van der Waals surface area contributed by atoms with Gasteiger partial charge >= 0.3 is 5.69 Å². The molecule has 0 unspecified atom stereocenters. The van der Waals surface area contributed by atoms with Gasteiger partial charge in [-0.15, -0.1) is 0 Å². The second kappa shape index (κ2) is 11.5. The van der Waals surface area contributed by atoms with Gasteiger partial charge in [-0.05, 0) is 83.3 Å². The number of carbonyl (C=O) groups is 1. The topological polar surface area (TPSA) is 135 Å². The summed E-state index contributed by atoms with van der Waals surface area (Å²) in [6, 6.07) is 18.3. The molecule has 2 N–H and O–H groups in total. The fraction of sp³-hybridized carbons (Fsp3) is 0.323. The lowest BCUT2D eigenvalue weighted by Crippen LogP contribution is -2.42. The monoisotopic (exact) mass is 566 g/mol. The number of nitriles is 1. The SMILES string of the molecule is CN(C)C(C)(C)/C=C(/C#N)C(=O)N1CCC[C@H]1Cn1c(=O)n(-c2ccc(Oc3ccccc3)cc2)c2c(N)ncnc21. The Morgan fingerprint density at radius 2 is 1.83 bits per heavy atom. The highest BCUT2D eigenvalue weighted by Gasteiger charge is 2.33. The average molecular weight is 567 g/mol. The van der Waals surface area contributed by atoms with E-state index in [1.165, 1.54) is 15.5 Å². The second-order valence-electron chi connectivity index (χ2n) is 11.1. The van der Waals surface area contributed by atoms with Gasteiger partial charge in [0.05, 0.1) is 11.7 Å². The molecule has 11 nitrogen and oxygen atoms in total. The minimum absolute atomic E-state index is 0.0831. The van der Waals surface area contributed by atoms with E-state index in [0.717, 1.165) is 6.42 Å². The minimum Gasteiger partial charge on any atom is -0.457 e. The van der Waals surface area contributed by atoms with Crippen LogP contribution in [0.15, 0.2) is 77.4 Å². The molecular formula is C31H34N8O3. The molecule has 42 heavy (non-hydrogen) atoms. The van der Waals surface area contributed by atoms with Crippen molar-refractivity contribution in [2.75, 3.05) is 26.4 Å². The van der Waals surface area contributed by atoms with Crippen molar-refractivity contribution in [2.45, 2.75) is 44.8 Å². The molecule has 0 bridgehead atoms. The summed E-state index contributed by atoms with van der Waals surface area (Å²) in [5.74, 6) is 1.15.